The first-order chi connectivity index (χ1) is 43.2. The van der Waals surface area contributed by atoms with E-state index in [1.54, 1.807) is 38.1 Å². The van der Waals surface area contributed by atoms with E-state index in [0.29, 0.717) is 29.7 Å². The van der Waals surface area contributed by atoms with Gasteiger partial charge in [0.05, 0.1) is 29.5 Å². The number of aliphatic hydroxyl groups is 1. The Morgan fingerprint density at radius 1 is 0.956 bits per heavy atom. The number of epoxide rings is 1. The smallest absolute Gasteiger partial charge is 0.412 e. The molecule has 0 spiro atoms. The number of likely N-dealkylation sites (N-methyl/N-ethyl adjacent to an activating group) is 3. The maximum atomic E-state index is 14.2. The number of ketones is 1. The van der Waals surface area contributed by atoms with Crippen LogP contribution in [-0.4, -0.2) is 199 Å². The lowest BCUT2D eigenvalue weighted by Gasteiger charge is -2.42. The Kier molecular flexibility index (Phi) is 24.8. The second-order valence-electron chi connectivity index (χ2n) is 23.5. The summed E-state index contributed by atoms with van der Waals surface area (Å²) in [6.07, 6.45) is 8.62. The molecule has 3 aliphatic heterocycles. The molecule has 3 heterocycles. The Balaban J connectivity index is 0.917. The van der Waals surface area contributed by atoms with E-state index in [1.807, 2.05) is 31.2 Å². The molecule has 7 rings (SSSR count). The van der Waals surface area contributed by atoms with E-state index < -0.39 is 107 Å². The van der Waals surface area contributed by atoms with Gasteiger partial charge in [-0.3, -0.25) is 44.3 Å². The number of thioether (sulfide) groups is 1. The van der Waals surface area contributed by atoms with Crippen LogP contribution in [0.3, 0.4) is 0 Å². The number of nitrogens with one attached hydrogen (secondary N) is 3. The summed E-state index contributed by atoms with van der Waals surface area (Å²) in [6, 6.07) is 6.85. The first kappa shape index (κ1) is 70.7. The van der Waals surface area contributed by atoms with Gasteiger partial charge in [-0.05, 0) is 93.8 Å². The molecule has 9 atom stereocenters. The van der Waals surface area contributed by atoms with Gasteiger partial charge in [-0.25, -0.2) is 19.2 Å². The molecular formula is C64H82ClN7O18S. The van der Waals surface area contributed by atoms with Crippen LogP contribution >= 0.6 is 23.4 Å². The van der Waals surface area contributed by atoms with Gasteiger partial charge in [0.15, 0.2) is 5.72 Å². The summed E-state index contributed by atoms with van der Waals surface area (Å²) in [7, 11) is 7.28. The van der Waals surface area contributed by atoms with Crippen LogP contribution in [0.5, 0.6) is 5.75 Å². The second kappa shape index (κ2) is 32.0. The number of methoxy groups -OCH3 is 2. The van der Waals surface area contributed by atoms with Crippen molar-refractivity contribution in [2.75, 3.05) is 72.6 Å². The Morgan fingerprint density at radius 2 is 1.69 bits per heavy atom. The number of carbonyl (C=O) groups excluding carboxylic acids is 10. The van der Waals surface area contributed by atoms with Crippen LogP contribution in [0.25, 0.3) is 0 Å². The molecule has 494 valence electrons. The van der Waals surface area contributed by atoms with Crippen LogP contribution < -0.4 is 20.7 Å². The number of anilines is 1. The fourth-order valence-corrected chi connectivity index (χ4v) is 12.0. The van der Waals surface area contributed by atoms with Crippen molar-refractivity contribution >= 4 is 88.0 Å². The molecule has 27 heteroatoms. The van der Waals surface area contributed by atoms with Crippen molar-refractivity contribution in [2.45, 2.75) is 146 Å². The number of carbonyl (C=O) groups is 10. The topological polar surface area (TPSA) is 308 Å². The highest BCUT2D eigenvalue weighted by Crippen LogP contribution is 2.49. The predicted molar refractivity (Wildman–Crippen MR) is 335 cm³/mol. The molecule has 8 amide bonds. The SMILES string of the molecule is COc1cc2cc(c1Cl)CC(=O)C[C@H](OC(=O)[C@H](C)N(C)C(=O)CCSC(=O)N(C)CCN(C)C(=O)OCc1ccc(NC(=O)OC3/C=C/CCCCC3)c(C(=O)NCCN3C(=O)C=CC3=O)c1)[C@]1(C)O[C@H]1[C@H](C)[C@@H]1C[C@@](O)(NC(=O)O1)[C@H](OC)/C=C/C=C(\C)C2. The number of hydrogen-bond acceptors (Lipinski definition) is 19. The number of imide groups is 1. The lowest BCUT2D eigenvalue weighted by Crippen LogP contribution is -2.63. The number of fused-ring (bicyclic) bond motifs is 5. The normalized spacial score (nSPS) is 25.7. The molecular weight excluding hydrogens is 1220 g/mol. The quantitative estimate of drug-likeness (QED) is 0.0355. The van der Waals surface area contributed by atoms with Gasteiger partial charge in [0.2, 0.25) is 5.91 Å². The number of allylic oxidation sites excluding steroid dienone is 4. The minimum absolute atomic E-state index is 0.00221. The molecule has 4 bridgehead atoms. The van der Waals surface area contributed by atoms with Crippen molar-refractivity contribution in [3.05, 3.63) is 106 Å². The molecule has 4 N–H and O–H groups in total. The van der Waals surface area contributed by atoms with Crippen molar-refractivity contribution < 1.29 is 86.2 Å². The van der Waals surface area contributed by atoms with E-state index in [1.165, 1.54) is 69.1 Å². The second-order valence-corrected chi connectivity index (χ2v) is 24.9. The van der Waals surface area contributed by atoms with Gasteiger partial charge in [-0.1, -0.05) is 78.7 Å². The van der Waals surface area contributed by atoms with Gasteiger partial charge in [0, 0.05) is 104 Å². The van der Waals surface area contributed by atoms with E-state index >= 15 is 0 Å². The van der Waals surface area contributed by atoms with Gasteiger partial charge in [0.25, 0.3) is 23.0 Å². The number of alkyl carbamates (subject to hydrolysis) is 1. The fourth-order valence-electron chi connectivity index (χ4n) is 11.0. The number of nitrogens with zero attached hydrogens (tertiary/aromatic N) is 4. The number of benzene rings is 2. The maximum Gasteiger partial charge on any atom is 0.412 e. The van der Waals surface area contributed by atoms with E-state index in [2.05, 4.69) is 16.0 Å². The first-order valence-electron chi connectivity index (χ1n) is 30.2. The third-order valence-corrected chi connectivity index (χ3v) is 18.1. The molecule has 5 aliphatic rings. The van der Waals surface area contributed by atoms with Gasteiger partial charge in [-0.2, -0.15) is 0 Å². The minimum Gasteiger partial charge on any atom is -0.495 e. The molecule has 25 nitrogen and oxygen atoms in total. The van der Waals surface area contributed by atoms with Crippen LogP contribution in [0.4, 0.5) is 24.9 Å². The summed E-state index contributed by atoms with van der Waals surface area (Å²) in [4.78, 5) is 137. The number of amides is 8. The summed E-state index contributed by atoms with van der Waals surface area (Å²) in [5.74, 6) is -3.59. The van der Waals surface area contributed by atoms with Crippen molar-refractivity contribution in [2.24, 2.45) is 5.92 Å². The zero-order chi connectivity index (χ0) is 66.3. The number of halogens is 1. The largest absolute Gasteiger partial charge is 0.495 e. The van der Waals surface area contributed by atoms with Crippen LogP contribution in [0, 0.1) is 5.92 Å². The average molecular weight is 1300 g/mol. The predicted octanol–water partition coefficient (Wildman–Crippen LogP) is 7.20. The Morgan fingerprint density at radius 3 is 2.42 bits per heavy atom. The lowest BCUT2D eigenvalue weighted by atomic mass is 9.83. The highest BCUT2D eigenvalue weighted by molar-refractivity contribution is 8.13. The van der Waals surface area contributed by atoms with Crippen molar-refractivity contribution in [3.63, 3.8) is 0 Å². The molecule has 0 radical (unpaired) electrons. The molecule has 2 aromatic carbocycles. The summed E-state index contributed by atoms with van der Waals surface area (Å²) >= 11 is 7.64. The Labute approximate surface area is 538 Å². The third kappa shape index (κ3) is 18.9. The Hall–Kier alpha value is -7.78. The maximum absolute atomic E-state index is 14.2. The summed E-state index contributed by atoms with van der Waals surface area (Å²) in [5, 5.41) is 19.5. The summed E-state index contributed by atoms with van der Waals surface area (Å²) in [6.45, 7) is 6.44. The van der Waals surface area contributed by atoms with E-state index in [9.17, 15) is 53.1 Å². The van der Waals surface area contributed by atoms with Crippen LogP contribution in [0.15, 0.2) is 78.4 Å². The number of Topliss-reactive ketones (excluding diaryl/α,β-unsaturated/α-hetero) is 1. The first-order valence-corrected chi connectivity index (χ1v) is 31.5. The minimum atomic E-state index is -1.90. The van der Waals surface area contributed by atoms with Crippen LogP contribution in [-0.2, 0) is 71.8 Å². The van der Waals surface area contributed by atoms with Crippen molar-refractivity contribution in [3.8, 4) is 5.75 Å². The zero-order valence-electron chi connectivity index (χ0n) is 52.7. The average Bonchev–Trinajstić information content (AvgIpc) is 1.60. The molecule has 2 aromatic rings. The lowest BCUT2D eigenvalue weighted by molar-refractivity contribution is -0.162. The van der Waals surface area contributed by atoms with Crippen molar-refractivity contribution in [1.82, 2.24) is 30.2 Å². The highest BCUT2D eigenvalue weighted by Gasteiger charge is 2.64. The number of esters is 1. The monoisotopic (exact) mass is 1300 g/mol. The molecule has 2 fully saturated rings. The molecule has 91 heavy (non-hydrogen) atoms. The number of rotatable bonds is 19. The number of ether oxygens (including phenoxy) is 7. The van der Waals surface area contributed by atoms with Crippen LogP contribution in [0.1, 0.15) is 106 Å². The van der Waals surface area contributed by atoms with Crippen molar-refractivity contribution in [1.29, 1.82) is 0 Å². The Bertz CT molecular complexity index is 3190. The van der Waals surface area contributed by atoms with Gasteiger partial charge >= 0.3 is 24.2 Å². The fraction of sp³-hybridized carbons (Fsp3) is 0.531. The van der Waals surface area contributed by atoms with Gasteiger partial charge in [-0.15, -0.1) is 0 Å². The molecule has 1 unspecified atom stereocenters. The highest BCUT2D eigenvalue weighted by atomic mass is 35.5. The van der Waals surface area contributed by atoms with Gasteiger partial charge in [0.1, 0.15) is 54.2 Å². The van der Waals surface area contributed by atoms with Crippen LogP contribution in [0.2, 0.25) is 5.02 Å². The molecule has 2 saturated heterocycles. The molecule has 2 aliphatic carbocycles. The van der Waals surface area contributed by atoms with Gasteiger partial charge < -0.3 is 58.3 Å². The summed E-state index contributed by atoms with van der Waals surface area (Å²) in [5.41, 5.74) is -0.547. The zero-order valence-corrected chi connectivity index (χ0v) is 54.3. The summed E-state index contributed by atoms with van der Waals surface area (Å²) < 4.78 is 40.6. The van der Waals surface area contributed by atoms with E-state index in [-0.39, 0.29) is 86.3 Å². The number of hydrogen-bond donors (Lipinski definition) is 4. The standard InChI is InChI=1S/C64H82ClN7O18S/c1-38-16-15-19-50(85-9)64(83)36-49(88-60(80)68-64)39(2)56-63(4,90-56)51(35-44(73)34-43-31-42(30-38)33-48(84-8)55(43)65)89-58(78)40(3)71(7)52(74)24-29-91-62(82)70(6)28-27-69(5)61(81)86-37-41-20-21-47(67-59(79)87-45-17-13-11-10-12-14-18-45)46(32-41)57(77)66-25-26-72-53(75)22-23-54(72)76/h13,15-17,19-23,31-33,39-40,45,49-51,56,83H,10-12,14,18,24-30,34-37H2,1-9H3,(H,66,77)(H,67,79)(H,68,80)/b17-13+,19-15+,38-16+/t39-,40+,45?,49+,50-,51+,56+,63+,64+/m1/s1. The van der Waals surface area contributed by atoms with E-state index in [0.717, 1.165) is 65.6 Å². The third-order valence-electron chi connectivity index (χ3n) is 16.7. The molecule has 0 saturated carbocycles. The molecule has 0 aromatic heterocycles. The van der Waals surface area contributed by atoms with E-state index in [4.69, 9.17) is 44.8 Å².